The Morgan fingerprint density at radius 1 is 1.12 bits per heavy atom. The predicted octanol–water partition coefficient (Wildman–Crippen LogP) is 1.62. The number of carbonyl (C=O) groups is 1. The van der Waals surface area contributed by atoms with Crippen LogP contribution in [0.5, 0.6) is 0 Å². The van der Waals surface area contributed by atoms with Crippen LogP contribution in [-0.2, 0) is 16.1 Å². The summed E-state index contributed by atoms with van der Waals surface area (Å²) in [5.41, 5.74) is 1.32. The third kappa shape index (κ3) is 2.26. The van der Waals surface area contributed by atoms with E-state index in [9.17, 15) is 4.79 Å². The molecule has 2 fully saturated rings. The van der Waals surface area contributed by atoms with Crippen LogP contribution in [0.2, 0.25) is 0 Å². The van der Waals surface area contributed by atoms with Crippen LogP contribution in [0.15, 0.2) is 30.3 Å². The number of hydrogen-bond donors (Lipinski definition) is 0. The van der Waals surface area contributed by atoms with Crippen LogP contribution >= 0.6 is 0 Å². The van der Waals surface area contributed by atoms with Gasteiger partial charge in [0.2, 0.25) is 0 Å². The van der Waals surface area contributed by atoms with Crippen LogP contribution in [0.1, 0.15) is 18.4 Å². The summed E-state index contributed by atoms with van der Waals surface area (Å²) in [7, 11) is 0. The maximum Gasteiger partial charge on any atom is 0.136 e. The molecule has 0 radical (unpaired) electrons. The Kier molecular flexibility index (Phi) is 2.95. The van der Waals surface area contributed by atoms with Crippen molar-refractivity contribution in [2.24, 2.45) is 0 Å². The number of carbonyl (C=O) groups excluding carboxylic acids is 1. The number of hydrogen-bond acceptors (Lipinski definition) is 3. The number of benzene rings is 1. The fraction of sp³-hybridized carbons (Fsp3) is 0.500. The summed E-state index contributed by atoms with van der Waals surface area (Å²) in [6, 6.07) is 11.0. The van der Waals surface area contributed by atoms with E-state index in [0.29, 0.717) is 31.8 Å². The zero-order valence-corrected chi connectivity index (χ0v) is 9.84. The Hall–Kier alpha value is -1.19. The smallest absolute Gasteiger partial charge is 0.136 e. The van der Waals surface area contributed by atoms with Crippen LogP contribution < -0.4 is 0 Å². The fourth-order valence-electron chi connectivity index (χ4n) is 2.84. The van der Waals surface area contributed by atoms with Crippen molar-refractivity contribution in [2.75, 3.05) is 13.2 Å². The van der Waals surface area contributed by atoms with E-state index in [2.05, 4.69) is 29.2 Å². The normalized spacial score (nSPS) is 29.3. The summed E-state index contributed by atoms with van der Waals surface area (Å²) in [5, 5.41) is 0. The van der Waals surface area contributed by atoms with E-state index in [1.54, 1.807) is 0 Å². The van der Waals surface area contributed by atoms with Gasteiger partial charge in [0.05, 0.1) is 13.2 Å². The summed E-state index contributed by atoms with van der Waals surface area (Å²) < 4.78 is 5.56. The molecule has 2 heterocycles. The van der Waals surface area contributed by atoms with E-state index in [-0.39, 0.29) is 12.1 Å². The quantitative estimate of drug-likeness (QED) is 0.774. The van der Waals surface area contributed by atoms with Gasteiger partial charge in [-0.2, -0.15) is 0 Å². The second kappa shape index (κ2) is 4.59. The van der Waals surface area contributed by atoms with E-state index in [0.717, 1.165) is 6.54 Å². The highest BCUT2D eigenvalue weighted by molar-refractivity contribution is 5.80. The van der Waals surface area contributed by atoms with Crippen molar-refractivity contribution in [1.29, 1.82) is 0 Å². The van der Waals surface area contributed by atoms with Gasteiger partial charge in [0.15, 0.2) is 0 Å². The Balaban J connectivity index is 1.76. The van der Waals surface area contributed by atoms with E-state index < -0.39 is 0 Å². The Labute approximate surface area is 101 Å². The third-order valence-corrected chi connectivity index (χ3v) is 3.69. The molecule has 2 aliphatic heterocycles. The number of fused-ring (bicyclic) bond motifs is 2. The summed E-state index contributed by atoms with van der Waals surface area (Å²) in [6.07, 6.45) is 1.31. The molecule has 1 aromatic carbocycles. The highest BCUT2D eigenvalue weighted by Gasteiger charge is 2.37. The lowest BCUT2D eigenvalue weighted by atomic mass is 9.92. The van der Waals surface area contributed by atoms with Gasteiger partial charge in [0, 0.05) is 31.5 Å². The molecule has 0 amide bonds. The van der Waals surface area contributed by atoms with Gasteiger partial charge in [-0.3, -0.25) is 9.69 Å². The zero-order valence-electron chi connectivity index (χ0n) is 9.84. The molecular weight excluding hydrogens is 214 g/mol. The number of nitrogens with zero attached hydrogens (tertiary/aromatic N) is 1. The molecule has 0 aromatic heterocycles. The number of piperidine rings is 1. The van der Waals surface area contributed by atoms with Gasteiger partial charge < -0.3 is 4.74 Å². The minimum absolute atomic E-state index is 0.287. The molecule has 0 unspecified atom stereocenters. The summed E-state index contributed by atoms with van der Waals surface area (Å²) in [5.74, 6) is 0.396. The number of ether oxygens (including phenoxy) is 1. The standard InChI is InChI=1S/C14H17NO2/c16-14-6-12-9-17-10-13(7-14)15(12)8-11-4-2-1-3-5-11/h1-5,12-13H,6-10H2/t12-,13-/m0/s1. The van der Waals surface area contributed by atoms with E-state index >= 15 is 0 Å². The van der Waals surface area contributed by atoms with Gasteiger partial charge in [-0.25, -0.2) is 0 Å². The Morgan fingerprint density at radius 3 is 2.41 bits per heavy atom. The van der Waals surface area contributed by atoms with Crippen molar-refractivity contribution >= 4 is 5.78 Å². The number of rotatable bonds is 2. The van der Waals surface area contributed by atoms with E-state index in [1.165, 1.54) is 5.56 Å². The zero-order chi connectivity index (χ0) is 11.7. The van der Waals surface area contributed by atoms with Crippen molar-refractivity contribution in [1.82, 2.24) is 4.90 Å². The maximum atomic E-state index is 11.6. The molecule has 2 bridgehead atoms. The van der Waals surface area contributed by atoms with Gasteiger partial charge in [0.25, 0.3) is 0 Å². The first-order valence-electron chi connectivity index (χ1n) is 6.22. The average Bonchev–Trinajstić information content (AvgIpc) is 2.32. The molecule has 0 N–H and O–H groups in total. The Morgan fingerprint density at radius 2 is 1.76 bits per heavy atom. The monoisotopic (exact) mass is 231 g/mol. The highest BCUT2D eigenvalue weighted by Crippen LogP contribution is 2.27. The van der Waals surface area contributed by atoms with E-state index in [1.807, 2.05) is 6.07 Å². The first-order chi connectivity index (χ1) is 8.33. The predicted molar refractivity (Wildman–Crippen MR) is 64.6 cm³/mol. The molecule has 3 rings (SSSR count). The van der Waals surface area contributed by atoms with Crippen LogP contribution in [-0.4, -0.2) is 36.0 Å². The highest BCUT2D eigenvalue weighted by atomic mass is 16.5. The molecule has 0 spiro atoms. The van der Waals surface area contributed by atoms with Crippen LogP contribution in [0.3, 0.4) is 0 Å². The van der Waals surface area contributed by atoms with Crippen molar-refractivity contribution in [3.05, 3.63) is 35.9 Å². The Bertz CT molecular complexity index is 388. The van der Waals surface area contributed by atoms with Crippen LogP contribution in [0, 0.1) is 0 Å². The van der Waals surface area contributed by atoms with Gasteiger partial charge in [-0.05, 0) is 5.56 Å². The molecule has 2 atom stereocenters. The van der Waals surface area contributed by atoms with Crippen molar-refractivity contribution in [3.63, 3.8) is 0 Å². The van der Waals surface area contributed by atoms with Gasteiger partial charge in [-0.15, -0.1) is 0 Å². The molecule has 0 saturated carbocycles. The lowest BCUT2D eigenvalue weighted by molar-refractivity contribution is -0.136. The molecule has 3 nitrogen and oxygen atoms in total. The van der Waals surface area contributed by atoms with Gasteiger partial charge in [0.1, 0.15) is 5.78 Å². The van der Waals surface area contributed by atoms with E-state index in [4.69, 9.17) is 4.74 Å². The summed E-state index contributed by atoms with van der Waals surface area (Å²) in [4.78, 5) is 14.0. The van der Waals surface area contributed by atoms with Crippen molar-refractivity contribution < 1.29 is 9.53 Å². The fourth-order valence-corrected chi connectivity index (χ4v) is 2.84. The minimum Gasteiger partial charge on any atom is -0.378 e. The summed E-state index contributed by atoms with van der Waals surface area (Å²) in [6.45, 7) is 2.34. The minimum atomic E-state index is 0.287. The molecule has 17 heavy (non-hydrogen) atoms. The summed E-state index contributed by atoms with van der Waals surface area (Å²) >= 11 is 0. The first-order valence-corrected chi connectivity index (χ1v) is 6.22. The van der Waals surface area contributed by atoms with Crippen LogP contribution in [0.4, 0.5) is 0 Å². The van der Waals surface area contributed by atoms with Gasteiger partial charge >= 0.3 is 0 Å². The van der Waals surface area contributed by atoms with Crippen molar-refractivity contribution in [3.8, 4) is 0 Å². The third-order valence-electron chi connectivity index (χ3n) is 3.69. The van der Waals surface area contributed by atoms with Gasteiger partial charge in [-0.1, -0.05) is 30.3 Å². The molecule has 2 saturated heterocycles. The largest absolute Gasteiger partial charge is 0.378 e. The van der Waals surface area contributed by atoms with Crippen LogP contribution in [0.25, 0.3) is 0 Å². The average molecular weight is 231 g/mol. The first kappa shape index (κ1) is 10.9. The maximum absolute atomic E-state index is 11.6. The second-order valence-corrected chi connectivity index (χ2v) is 4.95. The topological polar surface area (TPSA) is 29.5 Å². The molecule has 0 aliphatic carbocycles. The SMILES string of the molecule is O=C1C[C@H]2COC[C@H](C1)N2Cc1ccccc1. The molecular formula is C14H17NO2. The molecule has 2 aliphatic rings. The molecule has 90 valence electrons. The lowest BCUT2D eigenvalue weighted by Gasteiger charge is -2.45. The molecule has 3 heteroatoms. The lowest BCUT2D eigenvalue weighted by Crippen LogP contribution is -2.56. The number of morpholine rings is 1. The van der Waals surface area contributed by atoms with Crippen molar-refractivity contribution in [2.45, 2.75) is 31.5 Å². The number of Topliss-reactive ketones (excluding diaryl/α,β-unsaturated/α-hetero) is 1. The molecule has 1 aromatic rings. The number of ketones is 1. The second-order valence-electron chi connectivity index (χ2n) is 4.95.